The number of hydrogen-bond donors (Lipinski definition) is 2. The summed E-state index contributed by atoms with van der Waals surface area (Å²) in [6, 6.07) is 0.442. The fourth-order valence-electron chi connectivity index (χ4n) is 1.69. The summed E-state index contributed by atoms with van der Waals surface area (Å²) in [5, 5.41) is 6.25. The van der Waals surface area contributed by atoms with Gasteiger partial charge in [-0.1, -0.05) is 13.8 Å². The van der Waals surface area contributed by atoms with Crippen LogP contribution in [-0.2, 0) is 17.9 Å². The van der Waals surface area contributed by atoms with Crippen LogP contribution < -0.4 is 10.6 Å². The lowest BCUT2D eigenvalue weighted by Crippen LogP contribution is -2.28. The quantitative estimate of drug-likeness (QED) is 0.756. The second kappa shape index (κ2) is 6.00. The molecule has 2 rings (SSSR count). The highest BCUT2D eigenvalue weighted by molar-refractivity contribution is 5.75. The number of carbonyl (C=O) groups is 1. The summed E-state index contributed by atoms with van der Waals surface area (Å²) in [6.45, 7) is 6.13. The first-order valence-electron chi connectivity index (χ1n) is 6.64. The van der Waals surface area contributed by atoms with Gasteiger partial charge in [0.2, 0.25) is 5.91 Å². The number of carbonyl (C=O) groups excluding carboxylic acids is 1. The van der Waals surface area contributed by atoms with Gasteiger partial charge in [0.05, 0.1) is 12.0 Å². The number of imidazole rings is 1. The molecule has 1 heterocycles. The van der Waals surface area contributed by atoms with Crippen LogP contribution in [0.25, 0.3) is 0 Å². The monoisotopic (exact) mass is 250 g/mol. The summed E-state index contributed by atoms with van der Waals surface area (Å²) in [7, 11) is 0. The average molecular weight is 250 g/mol. The lowest BCUT2D eigenvalue weighted by molar-refractivity contribution is -0.121. The Hall–Kier alpha value is -1.36. The Balaban J connectivity index is 1.72. The van der Waals surface area contributed by atoms with E-state index in [9.17, 15) is 4.79 Å². The molecule has 5 heteroatoms. The predicted octanol–water partition coefficient (Wildman–Crippen LogP) is 0.907. The van der Waals surface area contributed by atoms with Gasteiger partial charge in [-0.15, -0.1) is 0 Å². The minimum atomic E-state index is 0.0719. The van der Waals surface area contributed by atoms with Gasteiger partial charge in [-0.05, 0) is 18.8 Å². The van der Waals surface area contributed by atoms with E-state index in [1.54, 1.807) is 6.33 Å². The van der Waals surface area contributed by atoms with E-state index in [1.165, 1.54) is 12.8 Å². The van der Waals surface area contributed by atoms with Gasteiger partial charge in [0, 0.05) is 25.3 Å². The Kier molecular flexibility index (Phi) is 4.36. The zero-order valence-electron chi connectivity index (χ0n) is 11.1. The van der Waals surface area contributed by atoms with E-state index < -0.39 is 0 Å². The van der Waals surface area contributed by atoms with Crippen LogP contribution in [0.15, 0.2) is 12.5 Å². The number of aromatic nitrogens is 2. The van der Waals surface area contributed by atoms with Crippen molar-refractivity contribution in [1.82, 2.24) is 20.2 Å². The fraction of sp³-hybridized carbons (Fsp3) is 0.692. The Morgan fingerprint density at radius 3 is 3.00 bits per heavy atom. The van der Waals surface area contributed by atoms with Crippen LogP contribution in [0, 0.1) is 5.92 Å². The lowest BCUT2D eigenvalue weighted by atomic mass is 10.3. The maximum Gasteiger partial charge on any atom is 0.239 e. The van der Waals surface area contributed by atoms with Gasteiger partial charge in [0.15, 0.2) is 0 Å². The maximum atomic E-state index is 11.6. The molecule has 0 unspecified atom stereocenters. The van der Waals surface area contributed by atoms with Gasteiger partial charge in [-0.3, -0.25) is 4.79 Å². The van der Waals surface area contributed by atoms with E-state index in [1.807, 2.05) is 10.8 Å². The van der Waals surface area contributed by atoms with E-state index >= 15 is 0 Å². The molecule has 1 amide bonds. The van der Waals surface area contributed by atoms with Crippen molar-refractivity contribution in [2.75, 3.05) is 6.54 Å². The molecule has 0 saturated heterocycles. The number of nitrogens with one attached hydrogen (secondary N) is 2. The zero-order valence-corrected chi connectivity index (χ0v) is 11.1. The van der Waals surface area contributed by atoms with E-state index in [2.05, 4.69) is 29.5 Å². The van der Waals surface area contributed by atoms with Crippen molar-refractivity contribution in [2.24, 2.45) is 5.92 Å². The summed E-state index contributed by atoms with van der Waals surface area (Å²) >= 11 is 0. The third-order valence-corrected chi connectivity index (χ3v) is 2.99. The Morgan fingerprint density at radius 1 is 1.56 bits per heavy atom. The highest BCUT2D eigenvalue weighted by Crippen LogP contribution is 2.27. The molecule has 1 aliphatic carbocycles. The molecule has 100 valence electrons. The van der Waals surface area contributed by atoms with Crippen LogP contribution in [0.2, 0.25) is 0 Å². The van der Waals surface area contributed by atoms with Crippen molar-refractivity contribution in [1.29, 1.82) is 0 Å². The summed E-state index contributed by atoms with van der Waals surface area (Å²) in [4.78, 5) is 15.9. The third-order valence-electron chi connectivity index (χ3n) is 2.99. The van der Waals surface area contributed by atoms with E-state index in [-0.39, 0.29) is 5.91 Å². The number of rotatable bonds is 7. The van der Waals surface area contributed by atoms with Crippen LogP contribution in [0.1, 0.15) is 32.4 Å². The van der Waals surface area contributed by atoms with Gasteiger partial charge in [0.25, 0.3) is 0 Å². The average Bonchev–Trinajstić information content (AvgIpc) is 3.05. The van der Waals surface area contributed by atoms with Crippen LogP contribution >= 0.6 is 0 Å². The standard InChI is InChI=1S/C13H22N4O/c1-10(2)14-6-12-7-17(9-16-12)8-13(18)15-5-11-3-4-11/h7,9-11,14H,3-6,8H2,1-2H3,(H,15,18). The van der Waals surface area contributed by atoms with Crippen molar-refractivity contribution < 1.29 is 4.79 Å². The summed E-state index contributed by atoms with van der Waals surface area (Å²) in [5.41, 5.74) is 0.971. The summed E-state index contributed by atoms with van der Waals surface area (Å²) < 4.78 is 1.83. The van der Waals surface area contributed by atoms with Crippen LogP contribution in [0.4, 0.5) is 0 Å². The smallest absolute Gasteiger partial charge is 0.239 e. The van der Waals surface area contributed by atoms with Crippen LogP contribution in [0.5, 0.6) is 0 Å². The number of hydrogen-bond acceptors (Lipinski definition) is 3. The minimum absolute atomic E-state index is 0.0719. The molecule has 1 aliphatic rings. The van der Waals surface area contributed by atoms with Crippen LogP contribution in [0.3, 0.4) is 0 Å². The van der Waals surface area contributed by atoms with Crippen molar-refractivity contribution in [3.63, 3.8) is 0 Å². The first-order valence-corrected chi connectivity index (χ1v) is 6.64. The van der Waals surface area contributed by atoms with Crippen molar-refractivity contribution in [3.05, 3.63) is 18.2 Å². The SMILES string of the molecule is CC(C)NCc1cn(CC(=O)NCC2CC2)cn1. The fourth-order valence-corrected chi connectivity index (χ4v) is 1.69. The highest BCUT2D eigenvalue weighted by atomic mass is 16.1. The van der Waals surface area contributed by atoms with Gasteiger partial charge < -0.3 is 15.2 Å². The second-order valence-corrected chi connectivity index (χ2v) is 5.32. The minimum Gasteiger partial charge on any atom is -0.354 e. The van der Waals surface area contributed by atoms with E-state index in [0.29, 0.717) is 12.6 Å². The summed E-state index contributed by atoms with van der Waals surface area (Å²) in [5.74, 6) is 0.796. The Labute approximate surface area is 108 Å². The Morgan fingerprint density at radius 2 is 2.33 bits per heavy atom. The first kappa shape index (κ1) is 13.1. The van der Waals surface area contributed by atoms with Gasteiger partial charge >= 0.3 is 0 Å². The number of nitrogens with zero attached hydrogens (tertiary/aromatic N) is 2. The van der Waals surface area contributed by atoms with Gasteiger partial charge in [-0.2, -0.15) is 0 Å². The normalized spacial score (nSPS) is 15.1. The third kappa shape index (κ3) is 4.49. The molecule has 1 aromatic rings. The number of amides is 1. The molecule has 0 spiro atoms. The van der Waals surface area contributed by atoms with Crippen molar-refractivity contribution in [3.8, 4) is 0 Å². The molecule has 2 N–H and O–H groups in total. The molecule has 0 atom stereocenters. The molecule has 1 saturated carbocycles. The summed E-state index contributed by atoms with van der Waals surface area (Å²) in [6.07, 6.45) is 6.16. The largest absolute Gasteiger partial charge is 0.354 e. The highest BCUT2D eigenvalue weighted by Gasteiger charge is 2.21. The van der Waals surface area contributed by atoms with Crippen molar-refractivity contribution in [2.45, 2.75) is 45.8 Å². The van der Waals surface area contributed by atoms with Crippen molar-refractivity contribution >= 4 is 5.91 Å². The van der Waals surface area contributed by atoms with Gasteiger partial charge in [-0.25, -0.2) is 4.98 Å². The van der Waals surface area contributed by atoms with Crippen LogP contribution in [-0.4, -0.2) is 28.0 Å². The zero-order chi connectivity index (χ0) is 13.0. The molecule has 1 aromatic heterocycles. The predicted molar refractivity (Wildman–Crippen MR) is 69.9 cm³/mol. The lowest BCUT2D eigenvalue weighted by Gasteiger charge is -2.05. The van der Waals surface area contributed by atoms with E-state index in [0.717, 1.165) is 24.7 Å². The molecule has 18 heavy (non-hydrogen) atoms. The first-order chi connectivity index (χ1) is 8.63. The maximum absolute atomic E-state index is 11.6. The molecule has 0 aromatic carbocycles. The molecule has 1 fully saturated rings. The molecular formula is C13H22N4O. The molecule has 5 nitrogen and oxygen atoms in total. The second-order valence-electron chi connectivity index (χ2n) is 5.32. The van der Waals surface area contributed by atoms with Gasteiger partial charge in [0.1, 0.15) is 6.54 Å². The molecule has 0 radical (unpaired) electrons. The molecular weight excluding hydrogens is 228 g/mol. The molecule has 0 bridgehead atoms. The molecule has 0 aliphatic heterocycles. The topological polar surface area (TPSA) is 59.0 Å². The Bertz CT molecular complexity index is 395. The van der Waals surface area contributed by atoms with E-state index in [4.69, 9.17) is 0 Å².